The Bertz CT molecular complexity index is 255. The zero-order valence-corrected chi connectivity index (χ0v) is 9.78. The van der Waals surface area contributed by atoms with E-state index in [4.69, 9.17) is 0 Å². The van der Waals surface area contributed by atoms with Gasteiger partial charge in [-0.3, -0.25) is 0 Å². The number of sulfonamides is 1. The maximum absolute atomic E-state index is 11.2. The highest BCUT2D eigenvalue weighted by molar-refractivity contribution is 7.88. The first-order chi connectivity index (χ1) is 5.41. The SMILES string of the molecule is CC1CN(S(C)(=O)=O)C(C)CN1.Cl. The van der Waals surface area contributed by atoms with E-state index in [2.05, 4.69) is 5.32 Å². The third-order valence-electron chi connectivity index (χ3n) is 2.13. The summed E-state index contributed by atoms with van der Waals surface area (Å²) in [6.45, 7) is 5.23. The molecule has 1 fully saturated rings. The standard InChI is InChI=1S/C7H16N2O2S.ClH/c1-6-5-9(12(3,10)11)7(2)4-8-6;/h6-8H,4-5H2,1-3H3;1H. The van der Waals surface area contributed by atoms with E-state index >= 15 is 0 Å². The van der Waals surface area contributed by atoms with Gasteiger partial charge in [0, 0.05) is 25.2 Å². The fraction of sp³-hybridized carbons (Fsp3) is 1.00. The topological polar surface area (TPSA) is 49.4 Å². The van der Waals surface area contributed by atoms with Crippen LogP contribution in [0.3, 0.4) is 0 Å². The quantitative estimate of drug-likeness (QED) is 0.690. The van der Waals surface area contributed by atoms with Crippen LogP contribution in [-0.2, 0) is 10.0 Å². The second kappa shape index (κ2) is 4.59. The van der Waals surface area contributed by atoms with Crippen molar-refractivity contribution in [2.24, 2.45) is 0 Å². The van der Waals surface area contributed by atoms with E-state index in [0.29, 0.717) is 6.54 Å². The van der Waals surface area contributed by atoms with Gasteiger partial charge in [-0.25, -0.2) is 8.42 Å². The van der Waals surface area contributed by atoms with Crippen LogP contribution in [0.2, 0.25) is 0 Å². The van der Waals surface area contributed by atoms with E-state index in [0.717, 1.165) is 6.54 Å². The number of hydrogen-bond acceptors (Lipinski definition) is 3. The number of rotatable bonds is 1. The predicted molar refractivity (Wildman–Crippen MR) is 55.7 cm³/mol. The zero-order chi connectivity index (χ0) is 9.35. The van der Waals surface area contributed by atoms with Crippen molar-refractivity contribution >= 4 is 22.4 Å². The third-order valence-corrected chi connectivity index (χ3v) is 3.49. The molecule has 13 heavy (non-hydrogen) atoms. The van der Waals surface area contributed by atoms with Crippen molar-refractivity contribution in [2.75, 3.05) is 19.3 Å². The highest BCUT2D eigenvalue weighted by Crippen LogP contribution is 2.10. The van der Waals surface area contributed by atoms with Crippen LogP contribution >= 0.6 is 12.4 Å². The van der Waals surface area contributed by atoms with Gasteiger partial charge in [0.1, 0.15) is 0 Å². The zero-order valence-electron chi connectivity index (χ0n) is 8.15. The normalized spacial score (nSPS) is 31.0. The summed E-state index contributed by atoms with van der Waals surface area (Å²) >= 11 is 0. The summed E-state index contributed by atoms with van der Waals surface area (Å²) in [7, 11) is -3.01. The number of halogens is 1. The molecule has 80 valence electrons. The van der Waals surface area contributed by atoms with Crippen LogP contribution in [0.1, 0.15) is 13.8 Å². The maximum atomic E-state index is 11.2. The van der Waals surface area contributed by atoms with Gasteiger partial charge in [-0.05, 0) is 13.8 Å². The molecule has 6 heteroatoms. The summed E-state index contributed by atoms with van der Waals surface area (Å²) in [5.74, 6) is 0. The van der Waals surface area contributed by atoms with Gasteiger partial charge in [0.2, 0.25) is 10.0 Å². The molecule has 1 rings (SSSR count). The van der Waals surface area contributed by atoms with Crippen LogP contribution in [-0.4, -0.2) is 44.2 Å². The van der Waals surface area contributed by atoms with Crippen molar-refractivity contribution in [2.45, 2.75) is 25.9 Å². The van der Waals surface area contributed by atoms with Crippen molar-refractivity contribution in [3.8, 4) is 0 Å². The van der Waals surface area contributed by atoms with E-state index in [1.165, 1.54) is 6.26 Å². The molecule has 0 bridgehead atoms. The fourth-order valence-corrected chi connectivity index (χ4v) is 2.67. The highest BCUT2D eigenvalue weighted by Gasteiger charge is 2.28. The van der Waals surface area contributed by atoms with E-state index in [1.807, 2.05) is 13.8 Å². The summed E-state index contributed by atoms with van der Waals surface area (Å²) in [4.78, 5) is 0. The molecular formula is C7H17ClN2O2S. The maximum Gasteiger partial charge on any atom is 0.211 e. The monoisotopic (exact) mass is 228 g/mol. The Hall–Kier alpha value is 0.160. The molecule has 0 aromatic heterocycles. The average Bonchev–Trinajstić information content (AvgIpc) is 1.92. The third kappa shape index (κ3) is 3.42. The van der Waals surface area contributed by atoms with Crippen molar-refractivity contribution < 1.29 is 8.42 Å². The van der Waals surface area contributed by atoms with Gasteiger partial charge in [-0.1, -0.05) is 0 Å². The first kappa shape index (κ1) is 13.2. The summed E-state index contributed by atoms with van der Waals surface area (Å²) in [5.41, 5.74) is 0. The predicted octanol–water partition coefficient (Wildman–Crippen LogP) is 0.0500. The van der Waals surface area contributed by atoms with E-state index in [-0.39, 0.29) is 24.5 Å². The summed E-state index contributed by atoms with van der Waals surface area (Å²) in [6.07, 6.45) is 1.27. The molecule has 2 atom stereocenters. The van der Waals surface area contributed by atoms with Crippen molar-refractivity contribution in [3.05, 3.63) is 0 Å². The number of nitrogens with zero attached hydrogens (tertiary/aromatic N) is 1. The van der Waals surface area contributed by atoms with Gasteiger partial charge < -0.3 is 5.32 Å². The van der Waals surface area contributed by atoms with Crippen LogP contribution in [0.5, 0.6) is 0 Å². The minimum atomic E-state index is -3.01. The molecule has 0 saturated carbocycles. The lowest BCUT2D eigenvalue weighted by molar-refractivity contribution is 0.246. The molecule has 0 amide bonds. The first-order valence-corrected chi connectivity index (χ1v) is 5.96. The molecular weight excluding hydrogens is 212 g/mol. The Morgan fingerprint density at radius 2 is 1.92 bits per heavy atom. The molecule has 1 aliphatic heterocycles. The molecule has 0 aromatic rings. The smallest absolute Gasteiger partial charge is 0.211 e. The second-order valence-electron chi connectivity index (χ2n) is 3.49. The number of nitrogens with one attached hydrogen (secondary N) is 1. The summed E-state index contributed by atoms with van der Waals surface area (Å²) < 4.78 is 24.0. The van der Waals surface area contributed by atoms with E-state index in [9.17, 15) is 8.42 Å². The van der Waals surface area contributed by atoms with Gasteiger partial charge in [-0.2, -0.15) is 4.31 Å². The Balaban J connectivity index is 0.00000144. The lowest BCUT2D eigenvalue weighted by atomic mass is 10.2. The Morgan fingerprint density at radius 3 is 2.31 bits per heavy atom. The van der Waals surface area contributed by atoms with Crippen LogP contribution in [0.25, 0.3) is 0 Å². The highest BCUT2D eigenvalue weighted by atomic mass is 35.5. The van der Waals surface area contributed by atoms with Crippen LogP contribution < -0.4 is 5.32 Å². The van der Waals surface area contributed by atoms with Gasteiger partial charge in [0.05, 0.1) is 6.26 Å². The lowest BCUT2D eigenvalue weighted by Gasteiger charge is -2.35. The molecule has 0 spiro atoms. The summed E-state index contributed by atoms with van der Waals surface area (Å²) in [6, 6.07) is 0.340. The fourth-order valence-electron chi connectivity index (χ4n) is 1.45. The molecule has 2 unspecified atom stereocenters. The van der Waals surface area contributed by atoms with Crippen LogP contribution in [0.4, 0.5) is 0 Å². The molecule has 1 N–H and O–H groups in total. The minimum absolute atomic E-state index is 0. The molecule has 1 aliphatic rings. The number of hydrogen-bond donors (Lipinski definition) is 1. The Morgan fingerprint density at radius 1 is 1.38 bits per heavy atom. The largest absolute Gasteiger partial charge is 0.311 e. The first-order valence-electron chi connectivity index (χ1n) is 4.11. The van der Waals surface area contributed by atoms with Gasteiger partial charge in [0.15, 0.2) is 0 Å². The Kier molecular flexibility index (Phi) is 4.65. The van der Waals surface area contributed by atoms with E-state index in [1.54, 1.807) is 4.31 Å². The average molecular weight is 229 g/mol. The van der Waals surface area contributed by atoms with Crippen molar-refractivity contribution in [1.82, 2.24) is 9.62 Å². The minimum Gasteiger partial charge on any atom is -0.311 e. The molecule has 1 heterocycles. The molecule has 0 aromatic carbocycles. The van der Waals surface area contributed by atoms with Crippen molar-refractivity contribution in [3.63, 3.8) is 0 Å². The number of piperazine rings is 1. The molecule has 1 saturated heterocycles. The van der Waals surface area contributed by atoms with Crippen molar-refractivity contribution in [1.29, 1.82) is 0 Å². The van der Waals surface area contributed by atoms with Gasteiger partial charge in [0.25, 0.3) is 0 Å². The van der Waals surface area contributed by atoms with E-state index < -0.39 is 10.0 Å². The lowest BCUT2D eigenvalue weighted by Crippen LogP contribution is -2.55. The molecule has 4 nitrogen and oxygen atoms in total. The summed E-state index contributed by atoms with van der Waals surface area (Å²) in [5, 5.41) is 3.23. The van der Waals surface area contributed by atoms with Crippen LogP contribution in [0.15, 0.2) is 0 Å². The molecule has 0 aliphatic carbocycles. The second-order valence-corrected chi connectivity index (χ2v) is 5.43. The van der Waals surface area contributed by atoms with Gasteiger partial charge >= 0.3 is 0 Å². The van der Waals surface area contributed by atoms with Crippen LogP contribution in [0, 0.1) is 0 Å². The molecule has 0 radical (unpaired) electrons. The Labute approximate surface area is 86.1 Å². The van der Waals surface area contributed by atoms with Gasteiger partial charge in [-0.15, -0.1) is 12.4 Å².